The van der Waals surface area contributed by atoms with Crippen molar-refractivity contribution in [3.05, 3.63) is 28.3 Å². The number of nitrogens with one attached hydrogen (secondary N) is 2. The number of anilines is 1. The fourth-order valence-electron chi connectivity index (χ4n) is 2.12. The molecule has 8 nitrogen and oxygen atoms in total. The van der Waals surface area contributed by atoms with Crippen LogP contribution in [0.15, 0.2) is 16.9 Å². The fourth-order valence-corrected chi connectivity index (χ4v) is 2.61. The maximum absolute atomic E-state index is 12.5. The highest BCUT2D eigenvalue weighted by Crippen LogP contribution is 2.19. The molecule has 0 radical (unpaired) electrons. The van der Waals surface area contributed by atoms with Crippen molar-refractivity contribution >= 4 is 33.4 Å². The third-order valence-corrected chi connectivity index (χ3v) is 4.06. The smallest absolute Gasteiger partial charge is 0.277 e. The second-order valence-corrected chi connectivity index (χ2v) is 6.84. The molecule has 2 amide bonds. The predicted molar refractivity (Wildman–Crippen MR) is 98.6 cm³/mol. The van der Waals surface area contributed by atoms with E-state index in [0.29, 0.717) is 35.7 Å². The summed E-state index contributed by atoms with van der Waals surface area (Å²) in [4.78, 5) is 24.9. The molecule has 0 aromatic carbocycles. The first-order valence-electron chi connectivity index (χ1n) is 8.25. The SMILES string of the molecule is CCn1cc(Br)c(C(=O)Nc2cn(CC)nc2C(=O)NCC(C)C)n1. The summed E-state index contributed by atoms with van der Waals surface area (Å²) in [6.45, 7) is 9.65. The Kier molecular flexibility index (Phi) is 6.35. The lowest BCUT2D eigenvalue weighted by atomic mass is 10.2. The van der Waals surface area contributed by atoms with Gasteiger partial charge in [-0.15, -0.1) is 0 Å². The molecule has 0 unspecified atom stereocenters. The van der Waals surface area contributed by atoms with Gasteiger partial charge in [0.25, 0.3) is 11.8 Å². The number of carbonyl (C=O) groups is 2. The minimum absolute atomic E-state index is 0.196. The molecule has 0 spiro atoms. The van der Waals surface area contributed by atoms with E-state index in [-0.39, 0.29) is 17.3 Å². The quantitative estimate of drug-likeness (QED) is 0.732. The van der Waals surface area contributed by atoms with Gasteiger partial charge in [-0.2, -0.15) is 10.2 Å². The first-order valence-corrected chi connectivity index (χ1v) is 9.04. The molecule has 0 aliphatic carbocycles. The summed E-state index contributed by atoms with van der Waals surface area (Å²) in [5, 5.41) is 14.0. The lowest BCUT2D eigenvalue weighted by Gasteiger charge is -2.07. The highest BCUT2D eigenvalue weighted by molar-refractivity contribution is 9.10. The maximum atomic E-state index is 12.5. The van der Waals surface area contributed by atoms with E-state index in [0.717, 1.165) is 0 Å². The highest BCUT2D eigenvalue weighted by atomic mass is 79.9. The Balaban J connectivity index is 2.22. The van der Waals surface area contributed by atoms with Crippen molar-refractivity contribution in [3.8, 4) is 0 Å². The second kappa shape index (κ2) is 8.28. The number of carbonyl (C=O) groups excluding carboxylic acids is 2. The van der Waals surface area contributed by atoms with Crippen molar-refractivity contribution in [1.82, 2.24) is 24.9 Å². The number of nitrogens with zero attached hydrogens (tertiary/aromatic N) is 4. The summed E-state index contributed by atoms with van der Waals surface area (Å²) < 4.78 is 3.87. The van der Waals surface area contributed by atoms with Crippen LogP contribution in [-0.4, -0.2) is 37.9 Å². The van der Waals surface area contributed by atoms with Crippen LogP contribution in [0.2, 0.25) is 0 Å². The number of aryl methyl sites for hydroxylation is 2. The van der Waals surface area contributed by atoms with E-state index in [1.807, 2.05) is 27.7 Å². The zero-order valence-corrected chi connectivity index (χ0v) is 16.4. The molecule has 2 N–H and O–H groups in total. The van der Waals surface area contributed by atoms with E-state index < -0.39 is 5.91 Å². The first kappa shape index (κ1) is 19.2. The number of amides is 2. The topological polar surface area (TPSA) is 93.8 Å². The largest absolute Gasteiger partial charge is 0.350 e. The van der Waals surface area contributed by atoms with Crippen molar-refractivity contribution in [2.45, 2.75) is 40.8 Å². The molecule has 0 saturated carbocycles. The summed E-state index contributed by atoms with van der Waals surface area (Å²) in [7, 11) is 0. The summed E-state index contributed by atoms with van der Waals surface area (Å²) >= 11 is 3.33. The van der Waals surface area contributed by atoms with Gasteiger partial charge in [0.2, 0.25) is 0 Å². The average molecular weight is 411 g/mol. The van der Waals surface area contributed by atoms with Crippen molar-refractivity contribution < 1.29 is 9.59 Å². The Hall–Kier alpha value is -2.16. The summed E-state index contributed by atoms with van der Waals surface area (Å²) in [6.07, 6.45) is 3.38. The molecule has 2 aromatic heterocycles. The number of hydrogen-bond donors (Lipinski definition) is 2. The van der Waals surface area contributed by atoms with Crippen LogP contribution in [0.25, 0.3) is 0 Å². The number of aromatic nitrogens is 4. The van der Waals surface area contributed by atoms with Crippen LogP contribution >= 0.6 is 15.9 Å². The molecular formula is C16H23BrN6O2. The van der Waals surface area contributed by atoms with E-state index in [2.05, 4.69) is 36.8 Å². The normalized spacial score (nSPS) is 11.0. The Morgan fingerprint density at radius 1 is 1.08 bits per heavy atom. The predicted octanol–water partition coefficient (Wildman–Crippen LogP) is 2.52. The van der Waals surface area contributed by atoms with Gasteiger partial charge in [-0.3, -0.25) is 19.0 Å². The third kappa shape index (κ3) is 4.68. The minimum Gasteiger partial charge on any atom is -0.350 e. The van der Waals surface area contributed by atoms with Crippen LogP contribution in [0.3, 0.4) is 0 Å². The van der Waals surface area contributed by atoms with Crippen molar-refractivity contribution in [3.63, 3.8) is 0 Å². The summed E-state index contributed by atoms with van der Waals surface area (Å²) in [5.74, 6) is -0.383. The molecular weight excluding hydrogens is 388 g/mol. The van der Waals surface area contributed by atoms with Gasteiger partial charge < -0.3 is 10.6 Å². The average Bonchev–Trinajstić information content (AvgIpc) is 3.15. The van der Waals surface area contributed by atoms with Crippen molar-refractivity contribution in [2.75, 3.05) is 11.9 Å². The van der Waals surface area contributed by atoms with Crippen LogP contribution in [0.5, 0.6) is 0 Å². The number of halogens is 1. The fraction of sp³-hybridized carbons (Fsp3) is 0.500. The molecule has 2 heterocycles. The molecule has 0 bridgehead atoms. The van der Waals surface area contributed by atoms with E-state index in [1.54, 1.807) is 21.8 Å². The molecule has 0 aliphatic heterocycles. The Bertz CT molecular complexity index is 765. The molecule has 9 heteroatoms. The van der Waals surface area contributed by atoms with Crippen LogP contribution in [0.4, 0.5) is 5.69 Å². The van der Waals surface area contributed by atoms with Crippen molar-refractivity contribution in [2.24, 2.45) is 5.92 Å². The van der Waals surface area contributed by atoms with Gasteiger partial charge in [-0.05, 0) is 35.7 Å². The van der Waals surface area contributed by atoms with Gasteiger partial charge in [0.05, 0.1) is 10.2 Å². The third-order valence-electron chi connectivity index (χ3n) is 3.48. The van der Waals surface area contributed by atoms with Gasteiger partial charge in [0, 0.05) is 32.0 Å². The monoisotopic (exact) mass is 410 g/mol. The second-order valence-electron chi connectivity index (χ2n) is 5.99. The Morgan fingerprint density at radius 3 is 2.24 bits per heavy atom. The van der Waals surface area contributed by atoms with Gasteiger partial charge in [-0.25, -0.2) is 0 Å². The van der Waals surface area contributed by atoms with Crippen LogP contribution < -0.4 is 10.6 Å². The van der Waals surface area contributed by atoms with Crippen LogP contribution in [0.1, 0.15) is 48.7 Å². The zero-order valence-electron chi connectivity index (χ0n) is 14.8. The van der Waals surface area contributed by atoms with Gasteiger partial charge in [0.15, 0.2) is 11.4 Å². The first-order chi connectivity index (χ1) is 11.8. The Morgan fingerprint density at radius 2 is 1.68 bits per heavy atom. The molecule has 2 rings (SSSR count). The number of hydrogen-bond acceptors (Lipinski definition) is 4. The van der Waals surface area contributed by atoms with Crippen LogP contribution in [0, 0.1) is 5.92 Å². The van der Waals surface area contributed by atoms with E-state index in [4.69, 9.17) is 0 Å². The summed E-state index contributed by atoms with van der Waals surface area (Å²) in [5.41, 5.74) is 0.826. The molecule has 2 aromatic rings. The summed E-state index contributed by atoms with van der Waals surface area (Å²) in [6, 6.07) is 0. The van der Waals surface area contributed by atoms with Gasteiger partial charge in [-0.1, -0.05) is 13.8 Å². The van der Waals surface area contributed by atoms with Crippen LogP contribution in [-0.2, 0) is 13.1 Å². The molecule has 0 fully saturated rings. The lowest BCUT2D eigenvalue weighted by molar-refractivity contribution is 0.0944. The minimum atomic E-state index is -0.396. The highest BCUT2D eigenvalue weighted by Gasteiger charge is 2.21. The molecule has 25 heavy (non-hydrogen) atoms. The Labute approximate surface area is 155 Å². The lowest BCUT2D eigenvalue weighted by Crippen LogP contribution is -2.29. The number of rotatable bonds is 7. The maximum Gasteiger partial charge on any atom is 0.277 e. The van der Waals surface area contributed by atoms with Gasteiger partial charge >= 0.3 is 0 Å². The zero-order chi connectivity index (χ0) is 18.6. The van der Waals surface area contributed by atoms with E-state index in [9.17, 15) is 9.59 Å². The van der Waals surface area contributed by atoms with Gasteiger partial charge in [0.1, 0.15) is 0 Å². The molecule has 0 atom stereocenters. The molecule has 136 valence electrons. The standard InChI is InChI=1S/C16H23BrN6O2/c1-5-22-8-11(17)13(20-22)16(25)19-12-9-23(6-2)21-14(12)15(24)18-7-10(3)4/h8-10H,5-7H2,1-4H3,(H,18,24)(H,19,25). The molecule has 0 saturated heterocycles. The van der Waals surface area contributed by atoms with Crippen molar-refractivity contribution in [1.29, 1.82) is 0 Å². The van der Waals surface area contributed by atoms with E-state index in [1.165, 1.54) is 0 Å². The molecule has 0 aliphatic rings. The van der Waals surface area contributed by atoms with E-state index >= 15 is 0 Å².